The molecule has 4 nitrogen and oxygen atoms in total. The Hall–Kier alpha value is -1.55. The summed E-state index contributed by atoms with van der Waals surface area (Å²) in [5.74, 6) is 0.947. The van der Waals surface area contributed by atoms with Crippen molar-refractivity contribution in [3.8, 4) is 5.75 Å². The number of hydrogen-bond acceptors (Lipinski definition) is 4. The van der Waals surface area contributed by atoms with E-state index in [0.29, 0.717) is 5.92 Å². The Morgan fingerprint density at radius 2 is 1.86 bits per heavy atom. The van der Waals surface area contributed by atoms with Crippen LogP contribution in [0.4, 0.5) is 0 Å². The fourth-order valence-electron chi connectivity index (χ4n) is 3.63. The van der Waals surface area contributed by atoms with Gasteiger partial charge in [-0.25, -0.2) is 4.79 Å². The summed E-state index contributed by atoms with van der Waals surface area (Å²) in [6.45, 7) is 4.31. The molecule has 1 aliphatic heterocycles. The maximum absolute atomic E-state index is 12.4. The van der Waals surface area contributed by atoms with Crippen molar-refractivity contribution in [1.29, 1.82) is 0 Å². The lowest BCUT2D eigenvalue weighted by atomic mass is 9.76. The quantitative estimate of drug-likeness (QED) is 0.617. The van der Waals surface area contributed by atoms with E-state index in [4.69, 9.17) is 14.2 Å². The second-order valence-corrected chi connectivity index (χ2v) is 6.31. The number of rotatable bonds is 5. The molecular weight excluding hydrogens is 268 g/mol. The van der Waals surface area contributed by atoms with Gasteiger partial charge in [-0.15, -0.1) is 0 Å². The first-order valence-corrected chi connectivity index (χ1v) is 7.42. The van der Waals surface area contributed by atoms with Gasteiger partial charge < -0.3 is 14.2 Å². The Morgan fingerprint density at radius 1 is 1.24 bits per heavy atom. The molecule has 2 aliphatic rings. The molecule has 4 heteroatoms. The van der Waals surface area contributed by atoms with Gasteiger partial charge in [0.25, 0.3) is 0 Å². The van der Waals surface area contributed by atoms with Crippen LogP contribution >= 0.6 is 0 Å². The molecule has 114 valence electrons. The van der Waals surface area contributed by atoms with Crippen LogP contribution in [0.5, 0.6) is 5.75 Å². The number of ether oxygens (including phenoxy) is 3. The lowest BCUT2D eigenvalue weighted by Crippen LogP contribution is -2.40. The number of carbonyl (C=O) groups is 1. The first-order valence-electron chi connectivity index (χ1n) is 7.42. The van der Waals surface area contributed by atoms with E-state index in [1.54, 1.807) is 7.11 Å². The van der Waals surface area contributed by atoms with Gasteiger partial charge in [0.2, 0.25) is 5.60 Å². The lowest BCUT2D eigenvalue weighted by molar-refractivity contribution is -0.151. The van der Waals surface area contributed by atoms with Gasteiger partial charge in [0, 0.05) is 5.41 Å². The molecule has 3 rings (SSSR count). The molecule has 0 aromatic heterocycles. The van der Waals surface area contributed by atoms with E-state index in [1.165, 1.54) is 7.11 Å². The molecule has 1 saturated carbocycles. The summed E-state index contributed by atoms with van der Waals surface area (Å²) >= 11 is 0. The molecule has 21 heavy (non-hydrogen) atoms. The Kier molecular flexibility index (Phi) is 3.24. The van der Waals surface area contributed by atoms with Crippen molar-refractivity contribution >= 4 is 5.97 Å². The highest BCUT2D eigenvalue weighted by atomic mass is 16.7. The van der Waals surface area contributed by atoms with Crippen LogP contribution in [-0.2, 0) is 14.3 Å². The van der Waals surface area contributed by atoms with Crippen LogP contribution in [0.15, 0.2) is 24.3 Å². The lowest BCUT2D eigenvalue weighted by Gasteiger charge is -2.26. The Morgan fingerprint density at radius 3 is 2.29 bits per heavy atom. The van der Waals surface area contributed by atoms with Gasteiger partial charge >= 0.3 is 5.97 Å². The fourth-order valence-corrected chi connectivity index (χ4v) is 3.63. The number of carbonyl (C=O) groups excluding carboxylic acids is 1. The smallest absolute Gasteiger partial charge is 0.341 e. The second-order valence-electron chi connectivity index (χ2n) is 6.31. The van der Waals surface area contributed by atoms with Crippen molar-refractivity contribution in [2.45, 2.75) is 38.4 Å². The monoisotopic (exact) mass is 290 g/mol. The predicted molar refractivity (Wildman–Crippen MR) is 78.1 cm³/mol. The number of methoxy groups -OCH3 is 2. The molecule has 0 unspecified atom stereocenters. The summed E-state index contributed by atoms with van der Waals surface area (Å²) in [5.41, 5.74) is 0.128. The van der Waals surface area contributed by atoms with Crippen LogP contribution in [0.3, 0.4) is 0 Å². The number of hydrogen-bond donors (Lipinski definition) is 0. The molecular formula is C17H22O4. The summed E-state index contributed by atoms with van der Waals surface area (Å²) < 4.78 is 16.2. The van der Waals surface area contributed by atoms with E-state index in [2.05, 4.69) is 13.8 Å². The fraction of sp³-hybridized carbons (Fsp3) is 0.588. The number of epoxide rings is 1. The second kappa shape index (κ2) is 4.73. The van der Waals surface area contributed by atoms with Crippen molar-refractivity contribution in [3.05, 3.63) is 29.8 Å². The maximum atomic E-state index is 12.4. The standard InChI is InChI=1S/C17H22O4/c1-11(2)16(9-10-16)17(15(18)20-4)14(21-17)12-5-7-13(19-3)8-6-12/h5-8,11,14H,9-10H2,1-4H3/t14-,17-/m0/s1. The number of benzene rings is 1. The molecule has 0 radical (unpaired) electrons. The molecule has 1 heterocycles. The van der Waals surface area contributed by atoms with E-state index >= 15 is 0 Å². The minimum Gasteiger partial charge on any atom is -0.497 e. The number of esters is 1. The average molecular weight is 290 g/mol. The minimum atomic E-state index is -0.801. The Balaban J connectivity index is 1.92. The average Bonchev–Trinajstić information content (AvgIpc) is 3.38. The minimum absolute atomic E-state index is 0.0787. The Labute approximate surface area is 125 Å². The van der Waals surface area contributed by atoms with Gasteiger partial charge in [-0.2, -0.15) is 0 Å². The van der Waals surface area contributed by atoms with E-state index < -0.39 is 5.60 Å². The molecule has 1 aliphatic carbocycles. The van der Waals surface area contributed by atoms with E-state index in [9.17, 15) is 4.79 Å². The third kappa shape index (κ3) is 1.89. The van der Waals surface area contributed by atoms with Crippen LogP contribution in [-0.4, -0.2) is 25.8 Å². The normalized spacial score (nSPS) is 29.1. The molecule has 0 amide bonds. The zero-order valence-electron chi connectivity index (χ0n) is 13.0. The molecule has 1 aromatic rings. The van der Waals surface area contributed by atoms with Crippen molar-refractivity contribution < 1.29 is 19.0 Å². The van der Waals surface area contributed by atoms with E-state index in [0.717, 1.165) is 24.2 Å². The van der Waals surface area contributed by atoms with Crippen LogP contribution in [0.2, 0.25) is 0 Å². The van der Waals surface area contributed by atoms with E-state index in [-0.39, 0.29) is 17.5 Å². The third-order valence-electron chi connectivity index (χ3n) is 5.16. The van der Waals surface area contributed by atoms with Crippen LogP contribution in [0.25, 0.3) is 0 Å². The summed E-state index contributed by atoms with van der Waals surface area (Å²) in [7, 11) is 3.08. The van der Waals surface area contributed by atoms with Crippen molar-refractivity contribution in [2.24, 2.45) is 11.3 Å². The summed E-state index contributed by atoms with van der Waals surface area (Å²) in [4.78, 5) is 12.4. The van der Waals surface area contributed by atoms with Gasteiger partial charge in [0.05, 0.1) is 14.2 Å². The van der Waals surface area contributed by atoms with Crippen LogP contribution in [0, 0.1) is 11.3 Å². The van der Waals surface area contributed by atoms with Crippen molar-refractivity contribution in [2.75, 3.05) is 14.2 Å². The molecule has 0 spiro atoms. The molecule has 1 aromatic carbocycles. The highest BCUT2D eigenvalue weighted by Gasteiger charge is 2.79. The summed E-state index contributed by atoms with van der Waals surface area (Å²) in [5, 5.41) is 0. The first-order chi connectivity index (χ1) is 10.0. The highest BCUT2D eigenvalue weighted by molar-refractivity contribution is 5.86. The molecule has 2 fully saturated rings. The largest absolute Gasteiger partial charge is 0.497 e. The molecule has 1 saturated heterocycles. The van der Waals surface area contributed by atoms with Crippen LogP contribution < -0.4 is 4.74 Å². The topological polar surface area (TPSA) is 48.1 Å². The third-order valence-corrected chi connectivity index (χ3v) is 5.16. The maximum Gasteiger partial charge on any atom is 0.341 e. The predicted octanol–water partition coefficient (Wildman–Crippen LogP) is 3.11. The Bertz CT molecular complexity index is 544. The summed E-state index contributed by atoms with van der Waals surface area (Å²) in [6, 6.07) is 7.72. The summed E-state index contributed by atoms with van der Waals surface area (Å²) in [6.07, 6.45) is 1.83. The van der Waals surface area contributed by atoms with Crippen LogP contribution in [0.1, 0.15) is 38.4 Å². The van der Waals surface area contributed by atoms with Gasteiger partial charge in [-0.05, 0) is 36.5 Å². The molecule has 0 N–H and O–H groups in total. The molecule has 0 bridgehead atoms. The van der Waals surface area contributed by atoms with Crippen molar-refractivity contribution in [1.82, 2.24) is 0 Å². The van der Waals surface area contributed by atoms with E-state index in [1.807, 2.05) is 24.3 Å². The van der Waals surface area contributed by atoms with Gasteiger partial charge in [-0.1, -0.05) is 26.0 Å². The molecule has 2 atom stereocenters. The zero-order chi connectivity index (χ0) is 15.3. The first kappa shape index (κ1) is 14.4. The van der Waals surface area contributed by atoms with Crippen molar-refractivity contribution in [3.63, 3.8) is 0 Å². The highest BCUT2D eigenvalue weighted by Crippen LogP contribution is 2.72. The van der Waals surface area contributed by atoms with Gasteiger partial charge in [-0.3, -0.25) is 0 Å². The SMILES string of the molecule is COC(=O)[C@@]1(C2(C(C)C)CC2)O[C@H]1c1ccc(OC)cc1. The zero-order valence-corrected chi connectivity index (χ0v) is 13.0. The van der Waals surface area contributed by atoms with Gasteiger partial charge in [0.1, 0.15) is 11.9 Å². The van der Waals surface area contributed by atoms with Gasteiger partial charge in [0.15, 0.2) is 0 Å².